The number of hydrogen-bond donors (Lipinski definition) is 2. The number of aromatic amines is 1. The van der Waals surface area contributed by atoms with E-state index in [1.165, 1.54) is 7.05 Å². The summed E-state index contributed by atoms with van der Waals surface area (Å²) in [5, 5.41) is 7.56. The van der Waals surface area contributed by atoms with E-state index in [9.17, 15) is 18.0 Å². The van der Waals surface area contributed by atoms with Gasteiger partial charge < -0.3 is 5.32 Å². The maximum absolute atomic E-state index is 12.1. The fourth-order valence-electron chi connectivity index (χ4n) is 0.861. The van der Waals surface area contributed by atoms with Gasteiger partial charge in [0.2, 0.25) is 0 Å². The highest BCUT2D eigenvalue weighted by Gasteiger charge is 2.33. The monoisotopic (exact) mass is 207 g/mol. The number of carbonyl (C=O) groups is 1. The first-order chi connectivity index (χ1) is 6.45. The van der Waals surface area contributed by atoms with Crippen molar-refractivity contribution in [2.45, 2.75) is 6.18 Å². The second-order valence-electron chi connectivity index (χ2n) is 2.62. The summed E-state index contributed by atoms with van der Waals surface area (Å²) < 4.78 is 36.2. The average molecular weight is 207 g/mol. The number of alkyl halides is 3. The Morgan fingerprint density at radius 1 is 1.64 bits per heavy atom. The lowest BCUT2D eigenvalue weighted by Gasteiger charge is -1.99. The van der Waals surface area contributed by atoms with Gasteiger partial charge in [-0.05, 0) is 13.1 Å². The van der Waals surface area contributed by atoms with Gasteiger partial charge in [-0.3, -0.25) is 9.89 Å². The number of nitrogens with zero attached hydrogens (tertiary/aromatic N) is 1. The molecule has 0 radical (unpaired) electrons. The van der Waals surface area contributed by atoms with E-state index >= 15 is 0 Å². The molecule has 0 aliphatic heterocycles. The number of halogens is 3. The summed E-state index contributed by atoms with van der Waals surface area (Å²) in [7, 11) is 1.52. The minimum absolute atomic E-state index is 0.0395. The van der Waals surface area contributed by atoms with Crippen LogP contribution in [0.5, 0.6) is 0 Å². The molecule has 0 fully saturated rings. The van der Waals surface area contributed by atoms with Gasteiger partial charge in [-0.2, -0.15) is 18.3 Å². The molecule has 0 bridgehead atoms. The fourth-order valence-corrected chi connectivity index (χ4v) is 0.861. The third kappa shape index (κ3) is 2.32. The first-order valence-corrected chi connectivity index (χ1v) is 3.75. The molecule has 0 aromatic carbocycles. The molecule has 78 valence electrons. The Kier molecular flexibility index (Phi) is 2.90. The molecule has 0 saturated carbocycles. The van der Waals surface area contributed by atoms with Crippen molar-refractivity contribution in [1.82, 2.24) is 15.5 Å². The third-order valence-corrected chi connectivity index (χ3v) is 1.51. The maximum Gasteiger partial charge on any atom is 0.432 e. The smallest absolute Gasteiger partial charge is 0.313 e. The number of H-pyrrole nitrogens is 1. The predicted octanol–water partition coefficient (Wildman–Crippen LogP) is 0.831. The molecule has 4 nitrogen and oxygen atoms in total. The summed E-state index contributed by atoms with van der Waals surface area (Å²) in [6.45, 7) is -0.0395. The predicted molar refractivity (Wildman–Crippen MR) is 41.8 cm³/mol. The minimum atomic E-state index is -4.49. The lowest BCUT2D eigenvalue weighted by Crippen LogP contribution is -2.18. The summed E-state index contributed by atoms with van der Waals surface area (Å²) in [4.78, 5) is 11.1. The van der Waals surface area contributed by atoms with E-state index in [-0.39, 0.29) is 12.2 Å². The molecule has 1 heterocycles. The first-order valence-electron chi connectivity index (χ1n) is 3.75. The molecular formula is C7H8F3N3O. The van der Waals surface area contributed by atoms with Crippen molar-refractivity contribution in [2.24, 2.45) is 0 Å². The summed E-state index contributed by atoms with van der Waals surface area (Å²) in [6.07, 6.45) is -4.49. The SMILES string of the molecule is CNCC(=O)c1cc(C(F)(F)F)[nH]n1. The summed E-state index contributed by atoms with van der Waals surface area (Å²) in [5.74, 6) is -0.487. The number of Topliss-reactive ketones (excluding diaryl/α,β-unsaturated/α-hetero) is 1. The van der Waals surface area contributed by atoms with E-state index in [4.69, 9.17) is 0 Å². The standard InChI is InChI=1S/C7H8F3N3O/c1-11-3-5(14)4-2-6(13-12-4)7(8,9)10/h2,11H,3H2,1H3,(H,12,13). The Labute approximate surface area is 77.5 Å². The Bertz CT molecular complexity index is 331. The van der Waals surface area contributed by atoms with E-state index < -0.39 is 17.7 Å². The molecule has 14 heavy (non-hydrogen) atoms. The number of ketones is 1. The molecule has 0 amide bonds. The molecule has 1 aromatic heterocycles. The van der Waals surface area contributed by atoms with Gasteiger partial charge in [0.1, 0.15) is 11.4 Å². The number of rotatable bonds is 3. The molecule has 0 aliphatic rings. The third-order valence-electron chi connectivity index (χ3n) is 1.51. The van der Waals surface area contributed by atoms with Crippen molar-refractivity contribution in [1.29, 1.82) is 0 Å². The van der Waals surface area contributed by atoms with Crippen LogP contribution in [0.3, 0.4) is 0 Å². The fraction of sp³-hybridized carbons (Fsp3) is 0.429. The highest BCUT2D eigenvalue weighted by molar-refractivity contribution is 5.95. The zero-order valence-corrected chi connectivity index (χ0v) is 7.27. The quantitative estimate of drug-likeness (QED) is 0.722. The van der Waals surface area contributed by atoms with Crippen LogP contribution >= 0.6 is 0 Å². The minimum Gasteiger partial charge on any atom is -0.313 e. The molecule has 0 atom stereocenters. The van der Waals surface area contributed by atoms with Crippen molar-refractivity contribution < 1.29 is 18.0 Å². The Balaban J connectivity index is 2.83. The largest absolute Gasteiger partial charge is 0.432 e. The van der Waals surface area contributed by atoms with Crippen LogP contribution in [0.15, 0.2) is 6.07 Å². The van der Waals surface area contributed by atoms with E-state index in [0.29, 0.717) is 6.07 Å². The molecule has 7 heteroatoms. The average Bonchev–Trinajstić information content (AvgIpc) is 2.51. The molecule has 0 spiro atoms. The Morgan fingerprint density at radius 3 is 2.71 bits per heavy atom. The molecule has 0 unspecified atom stereocenters. The van der Waals surface area contributed by atoms with E-state index in [0.717, 1.165) is 0 Å². The van der Waals surface area contributed by atoms with Crippen LogP contribution in [0.2, 0.25) is 0 Å². The van der Waals surface area contributed by atoms with Crippen LogP contribution in [-0.4, -0.2) is 29.6 Å². The van der Waals surface area contributed by atoms with Crippen LogP contribution in [0, 0.1) is 0 Å². The number of likely N-dealkylation sites (N-methyl/N-ethyl adjacent to an activating group) is 1. The highest BCUT2D eigenvalue weighted by atomic mass is 19.4. The van der Waals surface area contributed by atoms with E-state index in [1.54, 1.807) is 5.10 Å². The number of aromatic nitrogens is 2. The normalized spacial score (nSPS) is 11.7. The summed E-state index contributed by atoms with van der Waals surface area (Å²) >= 11 is 0. The van der Waals surface area contributed by atoms with E-state index in [2.05, 4.69) is 10.4 Å². The Morgan fingerprint density at radius 2 is 2.29 bits per heavy atom. The van der Waals surface area contributed by atoms with Crippen LogP contribution in [0.1, 0.15) is 16.2 Å². The zero-order valence-electron chi connectivity index (χ0n) is 7.27. The van der Waals surface area contributed by atoms with Crippen LogP contribution in [0.4, 0.5) is 13.2 Å². The van der Waals surface area contributed by atoms with Crippen molar-refractivity contribution in [3.05, 3.63) is 17.5 Å². The van der Waals surface area contributed by atoms with Crippen molar-refractivity contribution in [3.8, 4) is 0 Å². The lowest BCUT2D eigenvalue weighted by atomic mass is 10.2. The molecule has 2 N–H and O–H groups in total. The van der Waals surface area contributed by atoms with Gasteiger partial charge in [0.05, 0.1) is 6.54 Å². The number of carbonyl (C=O) groups excluding carboxylic acids is 1. The maximum atomic E-state index is 12.1. The number of hydrogen-bond acceptors (Lipinski definition) is 3. The van der Waals surface area contributed by atoms with Crippen molar-refractivity contribution in [2.75, 3.05) is 13.6 Å². The second-order valence-corrected chi connectivity index (χ2v) is 2.62. The molecule has 0 saturated heterocycles. The zero-order chi connectivity index (χ0) is 10.8. The summed E-state index contributed by atoms with van der Waals surface area (Å²) in [5.41, 5.74) is -1.23. The lowest BCUT2D eigenvalue weighted by molar-refractivity contribution is -0.141. The van der Waals surface area contributed by atoms with Gasteiger partial charge in [-0.1, -0.05) is 0 Å². The van der Waals surface area contributed by atoms with Crippen LogP contribution in [-0.2, 0) is 6.18 Å². The topological polar surface area (TPSA) is 57.8 Å². The molecule has 1 aromatic rings. The van der Waals surface area contributed by atoms with Gasteiger partial charge in [-0.25, -0.2) is 0 Å². The number of nitrogens with one attached hydrogen (secondary N) is 2. The molecular weight excluding hydrogens is 199 g/mol. The van der Waals surface area contributed by atoms with Crippen molar-refractivity contribution >= 4 is 5.78 Å². The van der Waals surface area contributed by atoms with Gasteiger partial charge in [0, 0.05) is 0 Å². The molecule has 0 aliphatic carbocycles. The van der Waals surface area contributed by atoms with Gasteiger partial charge in [-0.15, -0.1) is 0 Å². The van der Waals surface area contributed by atoms with E-state index in [1.807, 2.05) is 0 Å². The molecule has 1 rings (SSSR count). The van der Waals surface area contributed by atoms with Gasteiger partial charge in [0.15, 0.2) is 5.78 Å². The summed E-state index contributed by atoms with van der Waals surface area (Å²) in [6, 6.07) is 0.694. The van der Waals surface area contributed by atoms with Gasteiger partial charge >= 0.3 is 6.18 Å². The van der Waals surface area contributed by atoms with Crippen LogP contribution < -0.4 is 5.32 Å². The Hall–Kier alpha value is -1.37. The van der Waals surface area contributed by atoms with Crippen molar-refractivity contribution in [3.63, 3.8) is 0 Å². The first kappa shape index (κ1) is 10.7. The highest BCUT2D eigenvalue weighted by Crippen LogP contribution is 2.27. The van der Waals surface area contributed by atoms with Gasteiger partial charge in [0.25, 0.3) is 0 Å². The van der Waals surface area contributed by atoms with Crippen LogP contribution in [0.25, 0.3) is 0 Å². The second kappa shape index (κ2) is 3.79.